The lowest BCUT2D eigenvalue weighted by atomic mass is 10.0. The van der Waals surface area contributed by atoms with Crippen molar-refractivity contribution in [3.63, 3.8) is 0 Å². The molecular formula is C9H18N2O. The number of hydrogen-bond acceptors (Lipinski definition) is 2. The Balaban J connectivity index is 2.16. The fraction of sp³-hybridized carbons (Fsp3) is 0.889. The minimum atomic E-state index is 0.193. The van der Waals surface area contributed by atoms with E-state index in [4.69, 9.17) is 0 Å². The molecule has 1 heterocycles. The van der Waals surface area contributed by atoms with E-state index in [1.165, 1.54) is 0 Å². The molecule has 0 aromatic carbocycles. The Morgan fingerprint density at radius 2 is 2.42 bits per heavy atom. The number of hydrogen-bond donors (Lipinski definition) is 2. The van der Waals surface area contributed by atoms with Gasteiger partial charge in [-0.25, -0.2) is 0 Å². The van der Waals surface area contributed by atoms with E-state index in [0.717, 1.165) is 19.5 Å². The highest BCUT2D eigenvalue weighted by Gasteiger charge is 2.17. The molecule has 1 unspecified atom stereocenters. The summed E-state index contributed by atoms with van der Waals surface area (Å²) in [6.45, 7) is 6.06. The van der Waals surface area contributed by atoms with Crippen molar-refractivity contribution in [2.24, 2.45) is 5.92 Å². The highest BCUT2D eigenvalue weighted by atomic mass is 16.1. The van der Waals surface area contributed by atoms with Crippen LogP contribution in [-0.4, -0.2) is 25.0 Å². The third-order valence-corrected chi connectivity index (χ3v) is 2.09. The lowest BCUT2D eigenvalue weighted by Crippen LogP contribution is -2.31. The second-order valence-electron chi connectivity index (χ2n) is 3.79. The summed E-state index contributed by atoms with van der Waals surface area (Å²) < 4.78 is 0. The van der Waals surface area contributed by atoms with Crippen molar-refractivity contribution < 1.29 is 4.79 Å². The summed E-state index contributed by atoms with van der Waals surface area (Å²) in [6.07, 6.45) is 1.83. The number of amides is 1. The Morgan fingerprint density at radius 1 is 1.67 bits per heavy atom. The number of carbonyl (C=O) groups excluding carboxylic acids is 1. The van der Waals surface area contributed by atoms with Crippen LogP contribution >= 0.6 is 0 Å². The number of nitrogens with one attached hydrogen (secondary N) is 2. The van der Waals surface area contributed by atoms with E-state index < -0.39 is 0 Å². The first-order valence-electron chi connectivity index (χ1n) is 4.68. The quantitative estimate of drug-likeness (QED) is 0.648. The fourth-order valence-corrected chi connectivity index (χ4v) is 1.53. The number of rotatable bonds is 3. The van der Waals surface area contributed by atoms with Gasteiger partial charge in [0.2, 0.25) is 5.91 Å². The molecule has 1 rings (SSSR count). The van der Waals surface area contributed by atoms with Gasteiger partial charge in [-0.3, -0.25) is 4.79 Å². The van der Waals surface area contributed by atoms with E-state index >= 15 is 0 Å². The van der Waals surface area contributed by atoms with Crippen LogP contribution in [-0.2, 0) is 4.79 Å². The van der Waals surface area contributed by atoms with Crippen LogP contribution in [0.3, 0.4) is 0 Å². The lowest BCUT2D eigenvalue weighted by molar-refractivity contribution is -0.122. The molecule has 1 aliphatic heterocycles. The Bertz CT molecular complexity index is 151. The van der Waals surface area contributed by atoms with E-state index in [1.807, 2.05) is 13.8 Å². The zero-order valence-electron chi connectivity index (χ0n) is 7.89. The highest BCUT2D eigenvalue weighted by molar-refractivity contribution is 5.76. The van der Waals surface area contributed by atoms with Crippen LogP contribution in [0.2, 0.25) is 0 Å². The van der Waals surface area contributed by atoms with E-state index in [1.54, 1.807) is 0 Å². The molecular weight excluding hydrogens is 152 g/mol. The van der Waals surface area contributed by atoms with E-state index in [0.29, 0.717) is 12.3 Å². The normalized spacial score (nSPS) is 23.1. The fourth-order valence-electron chi connectivity index (χ4n) is 1.53. The maximum Gasteiger partial charge on any atom is 0.220 e. The molecule has 1 fully saturated rings. The van der Waals surface area contributed by atoms with Crippen LogP contribution in [0.4, 0.5) is 0 Å². The first-order valence-corrected chi connectivity index (χ1v) is 4.68. The molecule has 0 aromatic rings. The minimum Gasteiger partial charge on any atom is -0.354 e. The Kier molecular flexibility index (Phi) is 3.53. The monoisotopic (exact) mass is 170 g/mol. The molecule has 3 heteroatoms. The molecule has 2 N–H and O–H groups in total. The van der Waals surface area contributed by atoms with Gasteiger partial charge in [0.1, 0.15) is 0 Å². The highest BCUT2D eigenvalue weighted by Crippen LogP contribution is 2.11. The SMILES string of the molecule is CC(C)NC(=O)CC1CCNC1. The summed E-state index contributed by atoms with van der Waals surface area (Å²) >= 11 is 0. The van der Waals surface area contributed by atoms with Crippen molar-refractivity contribution in [2.75, 3.05) is 13.1 Å². The van der Waals surface area contributed by atoms with Crippen LogP contribution < -0.4 is 10.6 Å². The Morgan fingerprint density at radius 3 is 2.92 bits per heavy atom. The van der Waals surface area contributed by atoms with Crippen LogP contribution in [0.1, 0.15) is 26.7 Å². The smallest absolute Gasteiger partial charge is 0.220 e. The third kappa shape index (κ3) is 3.22. The second-order valence-corrected chi connectivity index (χ2v) is 3.79. The Hall–Kier alpha value is -0.570. The van der Waals surface area contributed by atoms with Gasteiger partial charge in [0.25, 0.3) is 0 Å². The first-order chi connectivity index (χ1) is 5.68. The van der Waals surface area contributed by atoms with Crippen molar-refractivity contribution in [1.29, 1.82) is 0 Å². The van der Waals surface area contributed by atoms with Gasteiger partial charge in [-0.1, -0.05) is 0 Å². The molecule has 0 radical (unpaired) electrons. The van der Waals surface area contributed by atoms with Gasteiger partial charge in [0.15, 0.2) is 0 Å². The second kappa shape index (κ2) is 4.45. The van der Waals surface area contributed by atoms with Crippen LogP contribution in [0.15, 0.2) is 0 Å². The summed E-state index contributed by atoms with van der Waals surface area (Å²) in [4.78, 5) is 11.3. The predicted molar refractivity (Wildman–Crippen MR) is 48.9 cm³/mol. The van der Waals surface area contributed by atoms with Crippen LogP contribution in [0.5, 0.6) is 0 Å². The van der Waals surface area contributed by atoms with Gasteiger partial charge >= 0.3 is 0 Å². The van der Waals surface area contributed by atoms with E-state index in [2.05, 4.69) is 10.6 Å². The molecule has 1 aliphatic rings. The summed E-state index contributed by atoms with van der Waals surface area (Å²) in [5.41, 5.74) is 0. The zero-order valence-corrected chi connectivity index (χ0v) is 7.89. The summed E-state index contributed by atoms with van der Waals surface area (Å²) in [6, 6.07) is 0.270. The van der Waals surface area contributed by atoms with Gasteiger partial charge < -0.3 is 10.6 Å². The molecule has 1 amide bonds. The van der Waals surface area contributed by atoms with Crippen LogP contribution in [0.25, 0.3) is 0 Å². The summed E-state index contributed by atoms with van der Waals surface area (Å²) in [7, 11) is 0. The van der Waals surface area contributed by atoms with Gasteiger partial charge in [-0.2, -0.15) is 0 Å². The van der Waals surface area contributed by atoms with Gasteiger partial charge in [-0.15, -0.1) is 0 Å². The van der Waals surface area contributed by atoms with Crippen molar-refractivity contribution >= 4 is 5.91 Å². The average molecular weight is 170 g/mol. The minimum absolute atomic E-state index is 0.193. The van der Waals surface area contributed by atoms with E-state index in [9.17, 15) is 4.79 Å². The molecule has 0 spiro atoms. The first kappa shape index (κ1) is 9.52. The molecule has 12 heavy (non-hydrogen) atoms. The largest absolute Gasteiger partial charge is 0.354 e. The zero-order chi connectivity index (χ0) is 8.97. The number of carbonyl (C=O) groups is 1. The van der Waals surface area contributed by atoms with Crippen molar-refractivity contribution in [3.05, 3.63) is 0 Å². The molecule has 1 saturated heterocycles. The molecule has 0 bridgehead atoms. The third-order valence-electron chi connectivity index (χ3n) is 2.09. The van der Waals surface area contributed by atoms with Crippen molar-refractivity contribution in [2.45, 2.75) is 32.7 Å². The molecule has 0 aromatic heterocycles. The maximum atomic E-state index is 11.3. The standard InChI is InChI=1S/C9H18N2O/c1-7(2)11-9(12)5-8-3-4-10-6-8/h7-8,10H,3-6H2,1-2H3,(H,11,12). The van der Waals surface area contributed by atoms with Crippen molar-refractivity contribution in [1.82, 2.24) is 10.6 Å². The molecule has 3 nitrogen and oxygen atoms in total. The average Bonchev–Trinajstić information content (AvgIpc) is 2.37. The molecule has 70 valence electrons. The molecule has 1 atom stereocenters. The summed E-state index contributed by atoms with van der Waals surface area (Å²) in [5.74, 6) is 0.752. The maximum absolute atomic E-state index is 11.3. The molecule has 0 saturated carbocycles. The molecule has 0 aliphatic carbocycles. The Labute approximate surface area is 73.9 Å². The van der Waals surface area contributed by atoms with E-state index in [-0.39, 0.29) is 11.9 Å². The van der Waals surface area contributed by atoms with Gasteiger partial charge in [0.05, 0.1) is 0 Å². The topological polar surface area (TPSA) is 41.1 Å². The summed E-state index contributed by atoms with van der Waals surface area (Å²) in [5, 5.41) is 6.15. The lowest BCUT2D eigenvalue weighted by Gasteiger charge is -2.11. The van der Waals surface area contributed by atoms with Crippen molar-refractivity contribution in [3.8, 4) is 0 Å². The van der Waals surface area contributed by atoms with Gasteiger partial charge in [0, 0.05) is 12.5 Å². The predicted octanol–water partition coefficient (Wildman–Crippen LogP) is 0.511. The van der Waals surface area contributed by atoms with Gasteiger partial charge in [-0.05, 0) is 39.3 Å². The van der Waals surface area contributed by atoms with Crippen LogP contribution in [0, 0.1) is 5.92 Å².